The summed E-state index contributed by atoms with van der Waals surface area (Å²) in [7, 11) is 0. The van der Waals surface area contributed by atoms with Gasteiger partial charge in [0.15, 0.2) is 5.17 Å². The van der Waals surface area contributed by atoms with Crippen LogP contribution in [0.4, 0.5) is 10.1 Å². The Morgan fingerprint density at radius 2 is 2.20 bits per heavy atom. The number of halogens is 1. The van der Waals surface area contributed by atoms with Crippen LogP contribution in [0.2, 0.25) is 0 Å². The second kappa shape index (κ2) is 3.90. The number of anilines is 1. The molecule has 1 aromatic rings. The highest BCUT2D eigenvalue weighted by Gasteiger charge is 2.31. The lowest BCUT2D eigenvalue weighted by Crippen LogP contribution is -2.30. The van der Waals surface area contributed by atoms with E-state index in [1.54, 1.807) is 12.1 Å². The largest absolute Gasteiger partial charge is 0.321 e. The highest BCUT2D eigenvalue weighted by molar-refractivity contribution is 8.15. The monoisotopic (exact) mass is 225 g/mol. The van der Waals surface area contributed by atoms with E-state index in [4.69, 9.17) is 5.84 Å². The van der Waals surface area contributed by atoms with Crippen LogP contribution < -0.4 is 10.7 Å². The summed E-state index contributed by atoms with van der Waals surface area (Å²) in [6.45, 7) is 0. The Balaban J connectivity index is 2.46. The summed E-state index contributed by atoms with van der Waals surface area (Å²) in [5.41, 5.74) is 0.191. The van der Waals surface area contributed by atoms with Gasteiger partial charge in [-0.25, -0.2) is 4.39 Å². The van der Waals surface area contributed by atoms with Crippen molar-refractivity contribution in [2.75, 3.05) is 10.7 Å². The minimum absolute atomic E-state index is 0.191. The van der Waals surface area contributed by atoms with Gasteiger partial charge in [0.2, 0.25) is 5.91 Å². The molecule has 1 heterocycles. The number of amidine groups is 1. The summed E-state index contributed by atoms with van der Waals surface area (Å²) in [5.74, 6) is 4.69. The molecule has 1 aliphatic heterocycles. The Morgan fingerprint density at radius 1 is 1.47 bits per heavy atom. The van der Waals surface area contributed by atoms with Gasteiger partial charge in [-0.2, -0.15) is 5.10 Å². The summed E-state index contributed by atoms with van der Waals surface area (Å²) >= 11 is 1.20. The number of hydrogen-bond acceptors (Lipinski definition) is 4. The SMILES string of the molecule is N/N=C1/SCC(=O)N1c1ccccc1F. The fraction of sp³-hybridized carbons (Fsp3) is 0.111. The molecule has 2 N–H and O–H groups in total. The fourth-order valence-corrected chi connectivity index (χ4v) is 2.11. The van der Waals surface area contributed by atoms with Crippen molar-refractivity contribution in [2.24, 2.45) is 10.9 Å². The molecule has 0 aliphatic carbocycles. The van der Waals surface area contributed by atoms with Crippen molar-refractivity contribution in [2.45, 2.75) is 0 Å². The number of amides is 1. The van der Waals surface area contributed by atoms with Crippen LogP contribution in [0.15, 0.2) is 29.4 Å². The minimum atomic E-state index is -0.463. The van der Waals surface area contributed by atoms with Gasteiger partial charge in [-0.1, -0.05) is 23.9 Å². The van der Waals surface area contributed by atoms with E-state index in [0.29, 0.717) is 5.17 Å². The van der Waals surface area contributed by atoms with Crippen molar-refractivity contribution in [3.63, 3.8) is 0 Å². The molecule has 1 aliphatic rings. The van der Waals surface area contributed by atoms with Crippen LogP contribution >= 0.6 is 11.8 Å². The van der Waals surface area contributed by atoms with Gasteiger partial charge in [-0.05, 0) is 12.1 Å². The number of para-hydroxylation sites is 1. The first kappa shape index (κ1) is 9.97. The zero-order valence-electron chi connectivity index (χ0n) is 7.68. The van der Waals surface area contributed by atoms with Gasteiger partial charge < -0.3 is 5.84 Å². The van der Waals surface area contributed by atoms with E-state index in [1.165, 1.54) is 28.8 Å². The van der Waals surface area contributed by atoms with E-state index in [2.05, 4.69) is 5.10 Å². The number of carbonyl (C=O) groups excluding carboxylic acids is 1. The van der Waals surface area contributed by atoms with Gasteiger partial charge in [-0.15, -0.1) is 0 Å². The number of nitrogens with two attached hydrogens (primary N) is 1. The van der Waals surface area contributed by atoms with E-state index >= 15 is 0 Å². The van der Waals surface area contributed by atoms with E-state index in [1.807, 2.05) is 0 Å². The van der Waals surface area contributed by atoms with Crippen LogP contribution in [0, 0.1) is 5.82 Å². The Kier molecular flexibility index (Phi) is 2.59. The lowest BCUT2D eigenvalue weighted by molar-refractivity contribution is -0.115. The number of nitrogens with zero attached hydrogens (tertiary/aromatic N) is 2. The van der Waals surface area contributed by atoms with Gasteiger partial charge >= 0.3 is 0 Å². The topological polar surface area (TPSA) is 58.7 Å². The first-order chi connectivity index (χ1) is 7.24. The lowest BCUT2D eigenvalue weighted by atomic mass is 10.3. The lowest BCUT2D eigenvalue weighted by Gasteiger charge is -2.15. The molecule has 0 radical (unpaired) electrons. The molecule has 1 fully saturated rings. The van der Waals surface area contributed by atoms with Crippen LogP contribution in [-0.4, -0.2) is 16.8 Å². The second-order valence-corrected chi connectivity index (χ2v) is 3.82. The zero-order chi connectivity index (χ0) is 10.8. The Labute approximate surface area is 89.9 Å². The summed E-state index contributed by atoms with van der Waals surface area (Å²) in [5, 5.41) is 3.78. The molecular formula is C9H8FN3OS. The normalized spacial score (nSPS) is 18.9. The minimum Gasteiger partial charge on any atom is -0.321 e. The molecule has 0 aromatic heterocycles. The summed E-state index contributed by atoms with van der Waals surface area (Å²) < 4.78 is 13.4. The van der Waals surface area contributed by atoms with Crippen LogP contribution in [-0.2, 0) is 4.79 Å². The fourth-order valence-electron chi connectivity index (χ4n) is 1.33. The maximum Gasteiger partial charge on any atom is 0.243 e. The molecular weight excluding hydrogens is 217 g/mol. The van der Waals surface area contributed by atoms with Crippen molar-refractivity contribution >= 4 is 28.5 Å². The molecule has 6 heteroatoms. The molecule has 1 saturated heterocycles. The zero-order valence-corrected chi connectivity index (χ0v) is 8.50. The van der Waals surface area contributed by atoms with E-state index in [0.717, 1.165) is 0 Å². The first-order valence-electron chi connectivity index (χ1n) is 4.22. The van der Waals surface area contributed by atoms with Crippen LogP contribution in [0.3, 0.4) is 0 Å². The molecule has 15 heavy (non-hydrogen) atoms. The molecule has 1 aromatic carbocycles. The number of thioether (sulfide) groups is 1. The van der Waals surface area contributed by atoms with E-state index in [-0.39, 0.29) is 17.3 Å². The van der Waals surface area contributed by atoms with Crippen molar-refractivity contribution in [1.29, 1.82) is 0 Å². The van der Waals surface area contributed by atoms with Crippen LogP contribution in [0.1, 0.15) is 0 Å². The second-order valence-electron chi connectivity index (χ2n) is 2.88. The predicted octanol–water partition coefficient (Wildman–Crippen LogP) is 1.14. The van der Waals surface area contributed by atoms with Gasteiger partial charge in [0.05, 0.1) is 11.4 Å². The molecule has 0 bridgehead atoms. The van der Waals surface area contributed by atoms with Crippen molar-refractivity contribution in [1.82, 2.24) is 0 Å². The number of hydrazone groups is 1. The van der Waals surface area contributed by atoms with Crippen molar-refractivity contribution < 1.29 is 9.18 Å². The smallest absolute Gasteiger partial charge is 0.243 e. The summed E-state index contributed by atoms with van der Waals surface area (Å²) in [6, 6.07) is 6.03. The maximum absolute atomic E-state index is 13.4. The van der Waals surface area contributed by atoms with Crippen molar-refractivity contribution in [3.8, 4) is 0 Å². The Bertz CT molecular complexity index is 435. The maximum atomic E-state index is 13.4. The molecule has 4 nitrogen and oxygen atoms in total. The Morgan fingerprint density at radius 3 is 2.87 bits per heavy atom. The Hall–Kier alpha value is -1.56. The molecule has 1 amide bonds. The summed E-state index contributed by atoms with van der Waals surface area (Å²) in [4.78, 5) is 12.7. The third-order valence-corrected chi connectivity index (χ3v) is 2.91. The average Bonchev–Trinajstić information content (AvgIpc) is 2.60. The highest BCUT2D eigenvalue weighted by Crippen LogP contribution is 2.27. The molecule has 0 unspecified atom stereocenters. The first-order valence-corrected chi connectivity index (χ1v) is 5.21. The van der Waals surface area contributed by atoms with Gasteiger partial charge in [0.25, 0.3) is 0 Å². The van der Waals surface area contributed by atoms with Gasteiger partial charge in [0, 0.05) is 0 Å². The number of rotatable bonds is 1. The summed E-state index contributed by atoms with van der Waals surface area (Å²) in [6.07, 6.45) is 0. The van der Waals surface area contributed by atoms with Gasteiger partial charge in [0.1, 0.15) is 5.82 Å². The van der Waals surface area contributed by atoms with Gasteiger partial charge in [-0.3, -0.25) is 9.69 Å². The van der Waals surface area contributed by atoms with E-state index < -0.39 is 5.82 Å². The van der Waals surface area contributed by atoms with Crippen LogP contribution in [0.25, 0.3) is 0 Å². The average molecular weight is 225 g/mol. The van der Waals surface area contributed by atoms with Crippen LogP contribution in [0.5, 0.6) is 0 Å². The standard InChI is InChI=1S/C9H8FN3OS/c10-6-3-1-2-4-7(6)13-8(14)5-15-9(13)12-11/h1-4H,5,11H2/b12-9+. The molecule has 0 saturated carbocycles. The quantitative estimate of drug-likeness (QED) is 0.576. The third-order valence-electron chi connectivity index (χ3n) is 1.97. The highest BCUT2D eigenvalue weighted by atomic mass is 32.2. The third kappa shape index (κ3) is 1.68. The van der Waals surface area contributed by atoms with Crippen molar-refractivity contribution in [3.05, 3.63) is 30.1 Å². The van der Waals surface area contributed by atoms with E-state index in [9.17, 15) is 9.18 Å². The molecule has 2 rings (SSSR count). The molecule has 78 valence electrons. The number of benzene rings is 1. The number of hydrogen-bond donors (Lipinski definition) is 1. The molecule has 0 spiro atoms. The molecule has 0 atom stereocenters. The predicted molar refractivity (Wildman–Crippen MR) is 58.0 cm³/mol. The number of carbonyl (C=O) groups is 1.